The highest BCUT2D eigenvalue weighted by atomic mass is 32.1. The van der Waals surface area contributed by atoms with Gasteiger partial charge in [0, 0.05) is 0 Å². The van der Waals surface area contributed by atoms with Crippen molar-refractivity contribution in [1.29, 1.82) is 0 Å². The molecule has 24 heteroatoms. The number of hydrogen-bond donors (Lipinski definition) is 3. The number of rotatable bonds is 12. The van der Waals surface area contributed by atoms with E-state index in [0.29, 0.717) is 0 Å². The van der Waals surface area contributed by atoms with Gasteiger partial charge in [-0.3, -0.25) is 18.2 Å². The minimum atomic E-state index is -4.11. The lowest BCUT2D eigenvalue weighted by atomic mass is 10.1. The first kappa shape index (κ1) is 32.0. The van der Waals surface area contributed by atoms with Crippen LogP contribution in [0.4, 0.5) is 20.4 Å². The van der Waals surface area contributed by atoms with Gasteiger partial charge in [0.1, 0.15) is 48.1 Å². The normalized spacial score (nSPS) is 30.0. The van der Waals surface area contributed by atoms with Crippen LogP contribution in [0.1, 0.15) is 12.5 Å². The minimum Gasteiger partial charge on any atom is -0.382 e. The van der Waals surface area contributed by atoms with E-state index in [2.05, 4.69) is 42.5 Å². The van der Waals surface area contributed by atoms with Gasteiger partial charge < -0.3 is 34.7 Å². The van der Waals surface area contributed by atoms with Gasteiger partial charge in [0.05, 0.1) is 31.8 Å². The van der Waals surface area contributed by atoms with Crippen molar-refractivity contribution in [2.24, 2.45) is 0 Å². The second-order valence-electron chi connectivity index (χ2n) is 9.95. The fraction of sp³-hybridized carbons (Fsp3) is 0.524. The Labute approximate surface area is 260 Å². The number of alkyl halides is 2. The molecule has 2 aliphatic rings. The maximum absolute atomic E-state index is 16.0. The first-order valence-corrected chi connectivity index (χ1v) is 16.5. The number of nitrogens with two attached hydrogens (primary N) is 2. The Morgan fingerprint density at radius 1 is 0.911 bits per heavy atom. The summed E-state index contributed by atoms with van der Waals surface area (Å²) in [5.74, 6) is 0.00493. The molecule has 9 atom stereocenters. The molecule has 0 amide bonds. The number of nitrogens with zero attached hydrogens (tertiary/aromatic N) is 8. The van der Waals surface area contributed by atoms with E-state index in [1.54, 1.807) is 0 Å². The van der Waals surface area contributed by atoms with Crippen LogP contribution < -0.4 is 11.5 Å². The number of imidazole rings is 2. The molecule has 2 fully saturated rings. The highest BCUT2D eigenvalue weighted by Gasteiger charge is 2.51. The molecule has 45 heavy (non-hydrogen) atoms. The fourth-order valence-electron chi connectivity index (χ4n) is 5.19. The summed E-state index contributed by atoms with van der Waals surface area (Å²) >= 11 is 4.03. The van der Waals surface area contributed by atoms with Crippen LogP contribution in [0.25, 0.3) is 22.3 Å². The van der Waals surface area contributed by atoms with Gasteiger partial charge in [0.2, 0.25) is 0 Å². The zero-order valence-electron chi connectivity index (χ0n) is 23.1. The fourth-order valence-corrected chi connectivity index (χ4v) is 6.74. The molecule has 6 rings (SSSR count). The van der Waals surface area contributed by atoms with E-state index in [4.69, 9.17) is 39.2 Å². The van der Waals surface area contributed by atoms with Crippen LogP contribution in [-0.4, -0.2) is 103 Å². The summed E-state index contributed by atoms with van der Waals surface area (Å²) in [5, 5.41) is 0. The maximum atomic E-state index is 16.0. The molecule has 0 spiro atoms. The van der Waals surface area contributed by atoms with Crippen molar-refractivity contribution >= 4 is 70.3 Å². The monoisotopic (exact) mass is 688 g/mol. The molecule has 240 valence electrons. The second-order valence-corrected chi connectivity index (χ2v) is 12.6. The molecule has 0 aliphatic carbocycles. The van der Waals surface area contributed by atoms with Crippen molar-refractivity contribution in [2.45, 2.75) is 49.2 Å². The van der Waals surface area contributed by atoms with E-state index in [1.165, 1.54) is 34.4 Å². The van der Waals surface area contributed by atoms with Gasteiger partial charge in [-0.1, -0.05) is 0 Å². The summed E-state index contributed by atoms with van der Waals surface area (Å²) in [6.07, 6.45) is -6.45. The molecule has 0 bridgehead atoms. The van der Waals surface area contributed by atoms with Gasteiger partial charge in [-0.2, -0.15) is 12.6 Å². The van der Waals surface area contributed by atoms with Crippen LogP contribution in [0.2, 0.25) is 0 Å². The molecule has 0 radical (unpaired) electrons. The Balaban J connectivity index is 1.18. The SMILES string of the molecule is BP(=O)(OC[C@H]1OC(n2cnc3c(N)ncnc32)[C@H](F)[C@@H]1OCS)O[C@H]1[C@@H](F)[C@H](n2cnc3c(N)ncnc32)O[C@@H]1COP=O. The van der Waals surface area contributed by atoms with E-state index in [0.717, 1.165) is 7.57 Å². The van der Waals surface area contributed by atoms with Crippen LogP contribution in [-0.2, 0) is 36.9 Å². The Morgan fingerprint density at radius 3 is 1.98 bits per heavy atom. The number of aromatic nitrogens is 8. The van der Waals surface area contributed by atoms with Crippen LogP contribution in [0, 0.1) is 0 Å². The van der Waals surface area contributed by atoms with Gasteiger partial charge in [0.25, 0.3) is 15.0 Å². The summed E-state index contributed by atoms with van der Waals surface area (Å²) < 4.78 is 92.1. The first-order chi connectivity index (χ1) is 21.6. The van der Waals surface area contributed by atoms with Crippen LogP contribution in [0.5, 0.6) is 0 Å². The predicted molar refractivity (Wildman–Crippen MR) is 156 cm³/mol. The van der Waals surface area contributed by atoms with E-state index in [1.807, 2.05) is 0 Å². The topological polar surface area (TPSA) is 229 Å². The molecule has 6 heterocycles. The molecular weight excluding hydrogens is 663 g/mol. The number of ether oxygens (including phenoxy) is 3. The zero-order chi connectivity index (χ0) is 31.9. The number of nitrogen functional groups attached to an aromatic ring is 2. The zero-order valence-corrected chi connectivity index (χ0v) is 25.8. The van der Waals surface area contributed by atoms with Crippen LogP contribution in [0.3, 0.4) is 0 Å². The van der Waals surface area contributed by atoms with Crippen LogP contribution >= 0.6 is 28.8 Å². The highest BCUT2D eigenvalue weighted by Crippen LogP contribution is 2.50. The molecule has 2 saturated heterocycles. The summed E-state index contributed by atoms with van der Waals surface area (Å²) in [7, 11) is -3.70. The number of halogens is 2. The number of thiol groups is 1. The Morgan fingerprint density at radius 2 is 1.44 bits per heavy atom. The van der Waals surface area contributed by atoms with Crippen molar-refractivity contribution in [3.63, 3.8) is 0 Å². The predicted octanol–water partition coefficient (Wildman–Crippen LogP) is 0.940. The summed E-state index contributed by atoms with van der Waals surface area (Å²) in [6.45, 7) is -0.873. The molecule has 18 nitrogen and oxygen atoms in total. The smallest absolute Gasteiger partial charge is 0.327 e. The van der Waals surface area contributed by atoms with Crippen molar-refractivity contribution < 1.29 is 45.7 Å². The molecule has 2 unspecified atom stereocenters. The molecule has 0 aromatic carbocycles. The highest BCUT2D eigenvalue weighted by molar-refractivity contribution is 7.80. The summed E-state index contributed by atoms with van der Waals surface area (Å²) in [5.41, 5.74) is 12.5. The third kappa shape index (κ3) is 6.14. The second kappa shape index (κ2) is 13.1. The van der Waals surface area contributed by atoms with E-state index >= 15 is 8.78 Å². The standard InChI is InChI=1S/C21H25BF2N10O8P2S/c22-44(36,39-2-9-14(37-7-45)10(23)20(41-9)33-5-31-12-16(25)27-3-29-18(12)33)42-15-8(1-38-43-35)40-21(11(15)24)34-6-32-13-17(26)28-4-30-19(13)34/h3-6,8-11,14-15,20-21,45H,1-2,7,22H2,(H2,25,27,29)(H2,26,28,30)/t8-,9-,10-,11-,14-,15-,20?,21-,44?/m1/s1. The molecule has 4 aromatic rings. The minimum absolute atomic E-state index is 0.0715. The van der Waals surface area contributed by atoms with Crippen molar-refractivity contribution in [3.8, 4) is 0 Å². The van der Waals surface area contributed by atoms with E-state index in [9.17, 15) is 9.13 Å². The van der Waals surface area contributed by atoms with Gasteiger partial charge >= 0.3 is 8.69 Å². The number of anilines is 2. The lowest BCUT2D eigenvalue weighted by Crippen LogP contribution is -2.35. The third-order valence-electron chi connectivity index (χ3n) is 7.20. The average molecular weight is 688 g/mol. The molecule has 4 N–H and O–H groups in total. The Bertz CT molecular complexity index is 1750. The molecular formula is C21H25BF2N10O8P2S. The van der Waals surface area contributed by atoms with Gasteiger partial charge in [0.15, 0.2) is 47.7 Å². The largest absolute Gasteiger partial charge is 0.382 e. The number of hydrogen-bond acceptors (Lipinski definition) is 17. The quantitative estimate of drug-likeness (QED) is 0.0814. The lowest BCUT2D eigenvalue weighted by molar-refractivity contribution is -0.0538. The van der Waals surface area contributed by atoms with Crippen LogP contribution in [0.15, 0.2) is 25.3 Å². The molecule has 0 saturated carbocycles. The average Bonchev–Trinajstić information content (AvgIpc) is 3.77. The van der Waals surface area contributed by atoms with Crippen molar-refractivity contribution in [2.75, 3.05) is 30.6 Å². The Kier molecular flexibility index (Phi) is 9.29. The third-order valence-corrected chi connectivity index (χ3v) is 8.85. The van der Waals surface area contributed by atoms with Gasteiger partial charge in [-0.15, -0.1) is 0 Å². The molecule has 4 aromatic heterocycles. The Hall–Kier alpha value is -2.94. The summed E-state index contributed by atoms with van der Waals surface area (Å²) in [6, 6.07) is 0. The number of fused-ring (bicyclic) bond motifs is 2. The maximum Gasteiger partial charge on any atom is 0.327 e. The van der Waals surface area contributed by atoms with E-state index in [-0.39, 0.29) is 39.9 Å². The lowest BCUT2D eigenvalue weighted by Gasteiger charge is -2.25. The van der Waals surface area contributed by atoms with Crippen molar-refractivity contribution in [1.82, 2.24) is 39.0 Å². The van der Waals surface area contributed by atoms with Gasteiger partial charge in [-0.25, -0.2) is 43.2 Å². The molecule has 2 aliphatic heterocycles. The summed E-state index contributed by atoms with van der Waals surface area (Å²) in [4.78, 5) is 24.2. The van der Waals surface area contributed by atoms with Gasteiger partial charge in [-0.05, 0) is 0 Å². The van der Waals surface area contributed by atoms with E-state index < -0.39 is 78.6 Å². The first-order valence-electron chi connectivity index (χ1n) is 13.2. The van der Waals surface area contributed by atoms with Crippen molar-refractivity contribution in [3.05, 3.63) is 25.3 Å².